The van der Waals surface area contributed by atoms with Crippen molar-refractivity contribution in [3.63, 3.8) is 0 Å². The fraction of sp³-hybridized carbons (Fsp3) is 0.481. The summed E-state index contributed by atoms with van der Waals surface area (Å²) < 4.78 is 20.3. The van der Waals surface area contributed by atoms with Gasteiger partial charge in [-0.3, -0.25) is 0 Å². The Morgan fingerprint density at radius 2 is 1.85 bits per heavy atom. The molecular weight excluding hydrogens is 514 g/mol. The van der Waals surface area contributed by atoms with Gasteiger partial charge in [0.2, 0.25) is 11.7 Å². The third kappa shape index (κ3) is 4.44. The molecule has 1 saturated carbocycles. The van der Waals surface area contributed by atoms with Crippen molar-refractivity contribution in [3.05, 3.63) is 30.4 Å². The van der Waals surface area contributed by atoms with E-state index in [1.54, 1.807) is 27.7 Å². The van der Waals surface area contributed by atoms with Crippen LogP contribution in [0.1, 0.15) is 37.4 Å². The standard InChI is InChI=1S/C27H35N9O4/c1-15-23-25(35-7-5-6-17(35)13-37)31-27(32-26(23)36(33-15)19-8-16(28)9-19)30-22-12-34(14-29-22)18-10-20(38-2)24(40-4)21(11-18)39-3/h10-12,14,16-17,19,37H,5-9,13,28H2,1-4H3,(H,30,31,32)/t16?,17-,19?/m0/s1. The number of aromatic nitrogens is 6. The van der Waals surface area contributed by atoms with Gasteiger partial charge in [-0.25, -0.2) is 9.67 Å². The molecule has 0 amide bonds. The van der Waals surface area contributed by atoms with Gasteiger partial charge >= 0.3 is 0 Å². The van der Waals surface area contributed by atoms with Crippen LogP contribution in [0.15, 0.2) is 24.7 Å². The second kappa shape index (κ2) is 10.5. The number of ether oxygens (including phenoxy) is 3. The predicted molar refractivity (Wildman–Crippen MR) is 150 cm³/mol. The summed E-state index contributed by atoms with van der Waals surface area (Å²) in [4.78, 5) is 16.6. The van der Waals surface area contributed by atoms with Crippen molar-refractivity contribution in [2.75, 3.05) is 44.7 Å². The summed E-state index contributed by atoms with van der Waals surface area (Å²) in [5.74, 6) is 3.35. The van der Waals surface area contributed by atoms with Crippen molar-refractivity contribution in [2.45, 2.75) is 50.7 Å². The van der Waals surface area contributed by atoms with E-state index in [-0.39, 0.29) is 24.7 Å². The maximum absolute atomic E-state index is 10.1. The van der Waals surface area contributed by atoms with Crippen molar-refractivity contribution >= 4 is 28.6 Å². The van der Waals surface area contributed by atoms with E-state index in [4.69, 9.17) is 35.0 Å². The third-order valence-electron chi connectivity index (χ3n) is 7.83. The summed E-state index contributed by atoms with van der Waals surface area (Å²) in [5, 5.41) is 19.1. The number of benzene rings is 1. The highest BCUT2D eigenvalue weighted by Crippen LogP contribution is 2.40. The van der Waals surface area contributed by atoms with Crippen LogP contribution < -0.4 is 30.2 Å². The quantitative estimate of drug-likeness (QED) is 0.283. The molecule has 4 aromatic rings. The zero-order valence-electron chi connectivity index (χ0n) is 23.2. The molecule has 0 unspecified atom stereocenters. The molecule has 212 valence electrons. The van der Waals surface area contributed by atoms with E-state index < -0.39 is 0 Å². The Morgan fingerprint density at radius 3 is 2.50 bits per heavy atom. The lowest BCUT2D eigenvalue weighted by atomic mass is 9.88. The van der Waals surface area contributed by atoms with Crippen LogP contribution in [-0.4, -0.2) is 81.0 Å². The van der Waals surface area contributed by atoms with E-state index in [0.29, 0.717) is 29.0 Å². The van der Waals surface area contributed by atoms with Crippen LogP contribution in [0.25, 0.3) is 16.7 Å². The van der Waals surface area contributed by atoms with Gasteiger partial charge in [-0.15, -0.1) is 0 Å². The number of hydrogen-bond donors (Lipinski definition) is 3. The monoisotopic (exact) mass is 549 g/mol. The van der Waals surface area contributed by atoms with Gasteiger partial charge in [-0.1, -0.05) is 0 Å². The lowest BCUT2D eigenvalue weighted by Crippen LogP contribution is -2.38. The number of imidazole rings is 1. The molecule has 6 rings (SSSR count). The first kappa shape index (κ1) is 26.1. The van der Waals surface area contributed by atoms with Gasteiger partial charge in [0.05, 0.1) is 63.0 Å². The maximum Gasteiger partial charge on any atom is 0.232 e. The highest BCUT2D eigenvalue weighted by molar-refractivity contribution is 5.91. The van der Waals surface area contributed by atoms with E-state index >= 15 is 0 Å². The maximum atomic E-state index is 10.1. The molecule has 4 heterocycles. The molecule has 1 saturated heterocycles. The van der Waals surface area contributed by atoms with Gasteiger partial charge < -0.3 is 39.8 Å². The Morgan fingerprint density at radius 1 is 1.10 bits per heavy atom. The number of nitrogens with one attached hydrogen (secondary N) is 1. The molecule has 1 aromatic carbocycles. The summed E-state index contributed by atoms with van der Waals surface area (Å²) in [6.45, 7) is 2.87. The van der Waals surface area contributed by atoms with E-state index in [1.165, 1.54) is 0 Å². The Balaban J connectivity index is 1.38. The third-order valence-corrected chi connectivity index (χ3v) is 7.83. The highest BCUT2D eigenvalue weighted by Gasteiger charge is 2.33. The number of nitrogens with zero attached hydrogens (tertiary/aromatic N) is 7. The molecule has 13 nitrogen and oxygen atoms in total. The van der Waals surface area contributed by atoms with E-state index in [9.17, 15) is 5.11 Å². The fourth-order valence-electron chi connectivity index (χ4n) is 5.70. The fourth-order valence-corrected chi connectivity index (χ4v) is 5.70. The van der Waals surface area contributed by atoms with Crippen molar-refractivity contribution in [2.24, 2.45) is 5.73 Å². The van der Waals surface area contributed by atoms with Gasteiger partial charge in [-0.05, 0) is 32.6 Å². The van der Waals surface area contributed by atoms with Crippen molar-refractivity contribution < 1.29 is 19.3 Å². The van der Waals surface area contributed by atoms with Gasteiger partial charge in [0.15, 0.2) is 23.0 Å². The molecular formula is C27H35N9O4. The number of aliphatic hydroxyl groups excluding tert-OH is 1. The van der Waals surface area contributed by atoms with Gasteiger partial charge in [0.25, 0.3) is 0 Å². The summed E-state index contributed by atoms with van der Waals surface area (Å²) in [6.07, 6.45) is 7.15. The van der Waals surface area contributed by atoms with Crippen LogP contribution >= 0.6 is 0 Å². The predicted octanol–water partition coefficient (Wildman–Crippen LogP) is 2.71. The lowest BCUT2D eigenvalue weighted by Gasteiger charge is -2.32. The number of hydrogen-bond acceptors (Lipinski definition) is 11. The molecule has 0 spiro atoms. The van der Waals surface area contributed by atoms with Gasteiger partial charge in [0, 0.05) is 24.7 Å². The zero-order valence-corrected chi connectivity index (χ0v) is 23.2. The SMILES string of the molecule is COc1cc(-n2cnc(Nc3nc(N4CCC[C@H]4CO)c4c(C)nn(C5CC(N)C5)c4n3)c2)cc(OC)c1OC. The molecule has 4 N–H and O–H groups in total. The molecule has 0 bridgehead atoms. The molecule has 40 heavy (non-hydrogen) atoms. The first-order valence-electron chi connectivity index (χ1n) is 13.4. The highest BCUT2D eigenvalue weighted by atomic mass is 16.5. The molecule has 1 aliphatic heterocycles. The molecule has 1 atom stereocenters. The molecule has 13 heteroatoms. The Hall–Kier alpha value is -4.10. The lowest BCUT2D eigenvalue weighted by molar-refractivity contribution is 0.252. The van der Waals surface area contributed by atoms with Crippen LogP contribution in [0, 0.1) is 6.92 Å². The number of anilines is 3. The van der Waals surface area contributed by atoms with Crippen LogP contribution in [0.4, 0.5) is 17.6 Å². The minimum Gasteiger partial charge on any atom is -0.493 e. The minimum atomic E-state index is 0.00469. The number of aryl methyl sites for hydroxylation is 1. The van der Waals surface area contributed by atoms with Gasteiger partial charge in [-0.2, -0.15) is 15.1 Å². The molecule has 0 radical (unpaired) electrons. The van der Waals surface area contributed by atoms with Crippen LogP contribution in [-0.2, 0) is 0 Å². The zero-order chi connectivity index (χ0) is 28.0. The summed E-state index contributed by atoms with van der Waals surface area (Å²) >= 11 is 0. The topological polar surface area (TPSA) is 151 Å². The van der Waals surface area contributed by atoms with E-state index in [1.807, 2.05) is 34.5 Å². The van der Waals surface area contributed by atoms with Crippen molar-refractivity contribution in [1.29, 1.82) is 0 Å². The van der Waals surface area contributed by atoms with Crippen LogP contribution in [0.2, 0.25) is 0 Å². The summed E-state index contributed by atoms with van der Waals surface area (Å²) in [7, 11) is 4.74. The van der Waals surface area contributed by atoms with Crippen molar-refractivity contribution in [3.8, 4) is 22.9 Å². The average Bonchev–Trinajstić information content (AvgIpc) is 3.69. The first-order valence-corrected chi connectivity index (χ1v) is 13.4. The number of nitrogens with two attached hydrogens (primary N) is 1. The largest absolute Gasteiger partial charge is 0.493 e. The molecule has 2 fully saturated rings. The first-order chi connectivity index (χ1) is 19.4. The minimum absolute atomic E-state index is 0.00469. The normalized spacial score (nSPS) is 20.6. The number of rotatable bonds is 9. The number of fused-ring (bicyclic) bond motifs is 1. The Bertz CT molecular complexity index is 1500. The van der Waals surface area contributed by atoms with Crippen LogP contribution in [0.5, 0.6) is 17.2 Å². The molecule has 2 aliphatic rings. The van der Waals surface area contributed by atoms with Crippen molar-refractivity contribution in [1.82, 2.24) is 29.3 Å². The van der Waals surface area contributed by atoms with Crippen LogP contribution in [0.3, 0.4) is 0 Å². The van der Waals surface area contributed by atoms with E-state index in [2.05, 4.69) is 15.2 Å². The molecule has 1 aliphatic carbocycles. The number of methoxy groups -OCH3 is 3. The second-order valence-corrected chi connectivity index (χ2v) is 10.3. The Kier molecular flexibility index (Phi) is 6.84. The Labute approximate surface area is 231 Å². The van der Waals surface area contributed by atoms with Gasteiger partial charge in [0.1, 0.15) is 12.1 Å². The number of aliphatic hydroxyl groups is 1. The average molecular weight is 550 g/mol. The van der Waals surface area contributed by atoms with E-state index in [0.717, 1.165) is 60.5 Å². The smallest absolute Gasteiger partial charge is 0.232 e. The molecule has 3 aromatic heterocycles. The summed E-state index contributed by atoms with van der Waals surface area (Å²) in [6, 6.07) is 4.08. The summed E-state index contributed by atoms with van der Waals surface area (Å²) in [5.41, 5.74) is 8.51. The second-order valence-electron chi connectivity index (χ2n) is 10.3.